The van der Waals surface area contributed by atoms with Crippen LogP contribution in [0.15, 0.2) is 60.8 Å². The van der Waals surface area contributed by atoms with Crippen molar-refractivity contribution in [2.45, 2.75) is 82.6 Å². The number of nitrogens with two attached hydrogens (primary N) is 1. The average molecular weight is 866 g/mol. The second-order valence-corrected chi connectivity index (χ2v) is 14.2. The van der Waals surface area contributed by atoms with Crippen LogP contribution in [0.5, 0.6) is 5.75 Å². The number of benzene rings is 3. The second-order valence-electron chi connectivity index (χ2n) is 14.2. The van der Waals surface area contributed by atoms with Gasteiger partial charge in [-0.3, -0.25) is 40.0 Å². The predicted octanol–water partition coefficient (Wildman–Crippen LogP) is 5.78. The number of hydrogen-bond acceptors (Lipinski definition) is 11. The topological polar surface area (TPSA) is 195 Å². The van der Waals surface area contributed by atoms with Crippen LogP contribution in [0.4, 0.5) is 42.1 Å². The van der Waals surface area contributed by atoms with Crippen molar-refractivity contribution in [2.24, 2.45) is 5.84 Å². The lowest BCUT2D eigenvalue weighted by Crippen LogP contribution is -2.54. The van der Waals surface area contributed by atoms with Gasteiger partial charge in [-0.25, -0.2) is 4.39 Å². The maximum atomic E-state index is 14.2. The van der Waals surface area contributed by atoms with Crippen LogP contribution in [0.3, 0.4) is 0 Å². The molecule has 2 atom stereocenters. The summed E-state index contributed by atoms with van der Waals surface area (Å²) in [6, 6.07) is 7.93. The largest absolute Gasteiger partial charge is 0.445 e. The van der Waals surface area contributed by atoms with E-state index in [1.807, 2.05) is 0 Å². The Morgan fingerprint density at radius 1 is 0.967 bits per heavy atom. The number of rotatable bonds is 18. The number of aliphatic hydroxyl groups is 1. The molecule has 328 valence electrons. The summed E-state index contributed by atoms with van der Waals surface area (Å²) in [5.41, 5.74) is -2.36. The highest BCUT2D eigenvalue weighted by Gasteiger charge is 2.46. The van der Waals surface area contributed by atoms with Crippen LogP contribution in [0.1, 0.15) is 95.2 Å². The quantitative estimate of drug-likeness (QED) is 0.0227. The number of carbonyl (C=O) groups is 5. The Balaban J connectivity index is 1.12. The normalized spacial score (nSPS) is 16.3. The fraction of sp³-hybridized carbons (Fsp3) is 0.375. The molecule has 0 saturated carbocycles. The molecule has 2 unspecified atom stereocenters. The van der Waals surface area contributed by atoms with E-state index in [1.165, 1.54) is 37.4 Å². The van der Waals surface area contributed by atoms with Crippen LogP contribution in [-0.2, 0) is 26.7 Å². The summed E-state index contributed by atoms with van der Waals surface area (Å²) in [7, 11) is 1.21. The molecule has 0 aliphatic carbocycles. The van der Waals surface area contributed by atoms with Gasteiger partial charge in [0, 0.05) is 43.9 Å². The molecule has 3 aromatic carbocycles. The van der Waals surface area contributed by atoms with Crippen LogP contribution in [-0.4, -0.2) is 65.6 Å². The van der Waals surface area contributed by atoms with Crippen LogP contribution in [0.2, 0.25) is 0 Å². The summed E-state index contributed by atoms with van der Waals surface area (Å²) in [4.78, 5) is 64.7. The van der Waals surface area contributed by atoms with Crippen LogP contribution in [0.25, 0.3) is 5.70 Å². The number of imide groups is 2. The summed E-state index contributed by atoms with van der Waals surface area (Å²) in [6.45, 7) is 0.231. The third kappa shape index (κ3) is 11.1. The molecular formula is C40H42F7N7O7. The minimum absolute atomic E-state index is 0.0132. The van der Waals surface area contributed by atoms with Crippen molar-refractivity contribution in [3.05, 3.63) is 94.4 Å². The van der Waals surface area contributed by atoms with Gasteiger partial charge < -0.3 is 30.8 Å². The van der Waals surface area contributed by atoms with Gasteiger partial charge in [-0.2, -0.15) is 26.3 Å². The van der Waals surface area contributed by atoms with E-state index in [4.69, 9.17) is 10.6 Å². The first kappa shape index (κ1) is 45.9. The van der Waals surface area contributed by atoms with Gasteiger partial charge in [0.2, 0.25) is 17.7 Å². The Labute approximate surface area is 344 Å². The van der Waals surface area contributed by atoms with Gasteiger partial charge in [0.1, 0.15) is 17.6 Å². The van der Waals surface area contributed by atoms with Crippen LogP contribution >= 0.6 is 0 Å². The maximum Gasteiger partial charge on any atom is 0.420 e. The number of unbranched alkanes of at least 4 members (excludes halogenated alkanes) is 5. The minimum atomic E-state index is -5.37. The van der Waals surface area contributed by atoms with Crippen molar-refractivity contribution in [2.75, 3.05) is 23.8 Å². The van der Waals surface area contributed by atoms with Crippen LogP contribution < -0.4 is 36.9 Å². The van der Waals surface area contributed by atoms with Gasteiger partial charge in [0.15, 0.2) is 0 Å². The molecule has 2 heterocycles. The second kappa shape index (κ2) is 19.4. The van der Waals surface area contributed by atoms with Gasteiger partial charge in [0.05, 0.1) is 33.6 Å². The number of amides is 5. The highest BCUT2D eigenvalue weighted by atomic mass is 19.4. The van der Waals surface area contributed by atoms with Crippen molar-refractivity contribution in [1.29, 1.82) is 0 Å². The number of alkyl halides is 6. The highest BCUT2D eigenvalue weighted by Crippen LogP contribution is 2.44. The lowest BCUT2D eigenvalue weighted by molar-refractivity contribution is -0.145. The lowest BCUT2D eigenvalue weighted by atomic mass is 10.0. The minimum Gasteiger partial charge on any atom is -0.445 e. The molecular weight excluding hydrogens is 823 g/mol. The summed E-state index contributed by atoms with van der Waals surface area (Å²) >= 11 is 0. The summed E-state index contributed by atoms with van der Waals surface area (Å²) in [5.74, 6) is 0.667. The number of aliphatic hydroxyl groups excluding tert-OH is 1. The monoisotopic (exact) mass is 865 g/mol. The fourth-order valence-electron chi connectivity index (χ4n) is 6.74. The number of ether oxygens (including phenoxy) is 1. The molecule has 2 aliphatic rings. The van der Waals surface area contributed by atoms with Gasteiger partial charge in [-0.1, -0.05) is 31.7 Å². The maximum absolute atomic E-state index is 14.2. The average Bonchev–Trinajstić information content (AvgIpc) is 3.45. The van der Waals surface area contributed by atoms with Crippen molar-refractivity contribution in [3.8, 4) is 5.75 Å². The molecule has 1 saturated heterocycles. The molecule has 1 fully saturated rings. The summed E-state index contributed by atoms with van der Waals surface area (Å²) < 4.78 is 103. The summed E-state index contributed by atoms with van der Waals surface area (Å²) in [5, 5.41) is 18.3. The number of hydrogen-bond donors (Lipinski definition) is 6. The standard InChI is InChI=1S/C40H42F7N7O7/c1-53(24-14-12-23(41)13-15-24)38(60)61-34-26(19-22(39(42,43)44)20-27(34)40(45,46)47)29(52-48)21-49-18-7-5-3-2-4-6-11-31(55)50-28-10-8-9-25-33(28)37(59)54(36(25)58)30-16-17-32(56)51-35(30)57/h8-10,12-15,19-21,30,38,49,52,60H,2-7,11,16-18,48H2,1H3,(H,50,55)(H,51,56,57)/b29-21-. The van der Waals surface area contributed by atoms with E-state index in [0.717, 1.165) is 28.1 Å². The first-order valence-corrected chi connectivity index (χ1v) is 19.0. The van der Waals surface area contributed by atoms with E-state index in [2.05, 4.69) is 21.4 Å². The zero-order chi connectivity index (χ0) is 44.6. The number of fused-ring (bicyclic) bond motifs is 1. The molecule has 0 spiro atoms. The third-order valence-electron chi connectivity index (χ3n) is 9.92. The van der Waals surface area contributed by atoms with E-state index in [-0.39, 0.29) is 54.4 Å². The number of halogens is 7. The van der Waals surface area contributed by atoms with Gasteiger partial charge >= 0.3 is 12.4 Å². The summed E-state index contributed by atoms with van der Waals surface area (Å²) in [6.07, 6.45) is -7.88. The first-order valence-electron chi connectivity index (χ1n) is 19.0. The Hall–Kier alpha value is -6.22. The molecule has 0 bridgehead atoms. The number of nitrogens with zero attached hydrogens (tertiary/aromatic N) is 2. The van der Waals surface area contributed by atoms with E-state index >= 15 is 0 Å². The van der Waals surface area contributed by atoms with Crippen molar-refractivity contribution in [3.63, 3.8) is 0 Å². The molecule has 14 nitrogen and oxygen atoms in total. The molecule has 21 heteroatoms. The molecule has 5 rings (SSSR count). The number of hydrazine groups is 1. The Morgan fingerprint density at radius 2 is 1.64 bits per heavy atom. The van der Waals surface area contributed by atoms with E-state index in [9.17, 15) is 59.8 Å². The number of carbonyl (C=O) groups excluding carboxylic acids is 5. The molecule has 0 radical (unpaired) electrons. The SMILES string of the molecule is CN(c1ccc(F)cc1)C(O)Oc1c(/C(=C/NCCCCCCCCC(=O)Nc2cccc3c2C(=O)N(C2CCC(=O)NC2=O)C3=O)NN)cc(C(F)(F)F)cc1C(F)(F)F. The number of nitrogens with one attached hydrogen (secondary N) is 4. The van der Waals surface area contributed by atoms with E-state index in [1.54, 1.807) is 0 Å². The van der Waals surface area contributed by atoms with Gasteiger partial charge in [-0.15, -0.1) is 0 Å². The molecule has 2 aliphatic heterocycles. The van der Waals surface area contributed by atoms with Crippen molar-refractivity contribution < 1.29 is 64.5 Å². The van der Waals surface area contributed by atoms with Crippen LogP contribution in [0, 0.1) is 5.82 Å². The van der Waals surface area contributed by atoms with Gasteiger partial charge in [-0.05, 0) is 67.8 Å². The van der Waals surface area contributed by atoms with Gasteiger partial charge in [0.25, 0.3) is 18.2 Å². The molecule has 7 N–H and O–H groups in total. The van der Waals surface area contributed by atoms with E-state index < -0.39 is 88.3 Å². The number of piperidine rings is 1. The number of anilines is 2. The molecule has 61 heavy (non-hydrogen) atoms. The Bertz CT molecular complexity index is 2160. The molecule has 5 amide bonds. The zero-order valence-electron chi connectivity index (χ0n) is 32.5. The Kier molecular flexibility index (Phi) is 14.6. The fourth-order valence-corrected chi connectivity index (χ4v) is 6.74. The van der Waals surface area contributed by atoms with E-state index in [0.29, 0.717) is 44.6 Å². The highest BCUT2D eigenvalue weighted by molar-refractivity contribution is 6.26. The predicted molar refractivity (Wildman–Crippen MR) is 205 cm³/mol. The zero-order valence-corrected chi connectivity index (χ0v) is 32.5. The first-order chi connectivity index (χ1) is 28.8. The molecule has 3 aromatic rings. The third-order valence-corrected chi connectivity index (χ3v) is 9.92. The molecule has 0 aromatic heterocycles. The van der Waals surface area contributed by atoms with Crippen molar-refractivity contribution in [1.82, 2.24) is 21.0 Å². The lowest BCUT2D eigenvalue weighted by Gasteiger charge is -2.29. The van der Waals surface area contributed by atoms with Crippen molar-refractivity contribution >= 4 is 46.6 Å². The Morgan fingerprint density at radius 3 is 2.28 bits per heavy atom. The smallest absolute Gasteiger partial charge is 0.420 e.